The minimum Gasteiger partial charge on any atom is -0.459 e. The maximum atomic E-state index is 15.1. The number of imidazole rings is 1. The molecular weight excluding hydrogens is 455 g/mol. The molecule has 0 spiro atoms. The van der Waals surface area contributed by atoms with E-state index >= 15 is 4.39 Å². The Hall–Kier alpha value is -4.22. The number of aromatic nitrogens is 4. The molecule has 0 saturated carbocycles. The first-order chi connectivity index (χ1) is 17.0. The van der Waals surface area contributed by atoms with Gasteiger partial charge in [0.2, 0.25) is 0 Å². The highest BCUT2D eigenvalue weighted by Crippen LogP contribution is 2.33. The Balaban J connectivity index is 1.32. The summed E-state index contributed by atoms with van der Waals surface area (Å²) in [6.07, 6.45) is -1.06. The van der Waals surface area contributed by atoms with Crippen molar-refractivity contribution in [2.45, 2.75) is 24.5 Å². The molecule has 5 rings (SSSR count). The van der Waals surface area contributed by atoms with Crippen molar-refractivity contribution in [3.8, 4) is 0 Å². The van der Waals surface area contributed by atoms with Gasteiger partial charge < -0.3 is 20.5 Å². The van der Waals surface area contributed by atoms with Gasteiger partial charge in [-0.25, -0.2) is 24.1 Å². The maximum Gasteiger partial charge on any atom is 0.338 e. The van der Waals surface area contributed by atoms with Crippen molar-refractivity contribution in [1.82, 2.24) is 19.5 Å². The SMILES string of the molecule is N[C@H]1[C@@H](F)[C@H](n2cnc3c(NC(=O)c4ccccc4)ncnc32)O[C@@H]1COC(=O)c1ccccc1. The summed E-state index contributed by atoms with van der Waals surface area (Å²) in [5.74, 6) is -0.753. The minimum atomic E-state index is -1.62. The van der Waals surface area contributed by atoms with Gasteiger partial charge in [0.1, 0.15) is 19.0 Å². The van der Waals surface area contributed by atoms with Crippen LogP contribution in [-0.4, -0.2) is 56.3 Å². The van der Waals surface area contributed by atoms with Gasteiger partial charge in [0.05, 0.1) is 17.9 Å². The van der Waals surface area contributed by atoms with Crippen molar-refractivity contribution >= 4 is 28.9 Å². The molecule has 1 fully saturated rings. The van der Waals surface area contributed by atoms with Crippen molar-refractivity contribution < 1.29 is 23.5 Å². The van der Waals surface area contributed by atoms with Gasteiger partial charge in [-0.1, -0.05) is 36.4 Å². The van der Waals surface area contributed by atoms with Crippen LogP contribution in [0.2, 0.25) is 0 Å². The predicted molar refractivity (Wildman–Crippen MR) is 123 cm³/mol. The fraction of sp³-hybridized carbons (Fsp3) is 0.208. The molecule has 0 aliphatic carbocycles. The average Bonchev–Trinajstić information content (AvgIpc) is 3.45. The van der Waals surface area contributed by atoms with Gasteiger partial charge >= 0.3 is 5.97 Å². The van der Waals surface area contributed by atoms with Crippen molar-refractivity contribution in [1.29, 1.82) is 0 Å². The fourth-order valence-corrected chi connectivity index (χ4v) is 3.82. The molecule has 4 atom stereocenters. The Kier molecular flexibility index (Phi) is 6.17. The maximum absolute atomic E-state index is 15.1. The van der Waals surface area contributed by atoms with E-state index in [1.165, 1.54) is 17.2 Å². The molecule has 35 heavy (non-hydrogen) atoms. The zero-order valence-corrected chi connectivity index (χ0v) is 18.3. The quantitative estimate of drug-likeness (QED) is 0.406. The van der Waals surface area contributed by atoms with E-state index in [-0.39, 0.29) is 29.5 Å². The predicted octanol–water partition coefficient (Wildman–Crippen LogP) is 2.50. The number of amides is 1. The summed E-state index contributed by atoms with van der Waals surface area (Å²) in [4.78, 5) is 37.3. The summed E-state index contributed by atoms with van der Waals surface area (Å²) in [6, 6.07) is 16.0. The molecule has 0 radical (unpaired) electrons. The smallest absolute Gasteiger partial charge is 0.338 e. The highest BCUT2D eigenvalue weighted by molar-refractivity contribution is 6.06. The van der Waals surface area contributed by atoms with Crippen LogP contribution in [0, 0.1) is 0 Å². The van der Waals surface area contributed by atoms with E-state index in [0.717, 1.165) is 0 Å². The number of carbonyl (C=O) groups excluding carboxylic acids is 2. The highest BCUT2D eigenvalue weighted by Gasteiger charge is 2.45. The summed E-state index contributed by atoms with van der Waals surface area (Å²) in [7, 11) is 0. The third-order valence-corrected chi connectivity index (χ3v) is 5.67. The number of benzene rings is 2. The lowest BCUT2D eigenvalue weighted by Gasteiger charge is -2.16. The first kappa shape index (κ1) is 22.6. The number of nitrogens with two attached hydrogens (primary N) is 1. The number of anilines is 1. The molecule has 1 saturated heterocycles. The van der Waals surface area contributed by atoms with E-state index in [0.29, 0.717) is 11.1 Å². The summed E-state index contributed by atoms with van der Waals surface area (Å²) < 4.78 is 27.6. The van der Waals surface area contributed by atoms with E-state index in [1.807, 2.05) is 0 Å². The summed E-state index contributed by atoms with van der Waals surface area (Å²) in [6.45, 7) is -0.216. The molecule has 11 heteroatoms. The third-order valence-electron chi connectivity index (χ3n) is 5.67. The van der Waals surface area contributed by atoms with Crippen LogP contribution in [-0.2, 0) is 9.47 Å². The van der Waals surface area contributed by atoms with Crippen LogP contribution in [0.4, 0.5) is 10.2 Å². The summed E-state index contributed by atoms with van der Waals surface area (Å²) in [5, 5.41) is 2.70. The Morgan fingerprint density at radius 1 is 1.03 bits per heavy atom. The van der Waals surface area contributed by atoms with E-state index in [2.05, 4.69) is 20.3 Å². The van der Waals surface area contributed by atoms with Gasteiger partial charge in [0, 0.05) is 5.56 Å². The standard InChI is InChI=1S/C24H21FN6O4/c25-17-18(26)16(11-34-24(33)15-9-5-2-6-10-15)35-23(17)31-13-29-19-20(27-12-28-21(19)31)30-22(32)14-7-3-1-4-8-14/h1-10,12-13,16-18,23H,11,26H2,(H,27,28,30,32)/t16-,17-,18-,23-/m1/s1. The minimum absolute atomic E-state index is 0.175. The van der Waals surface area contributed by atoms with Gasteiger partial charge in [-0.3, -0.25) is 9.36 Å². The van der Waals surface area contributed by atoms with Crippen LogP contribution in [0.15, 0.2) is 73.3 Å². The largest absolute Gasteiger partial charge is 0.459 e. The Bertz CT molecular complexity index is 1350. The second-order valence-electron chi connectivity index (χ2n) is 7.92. The number of hydrogen-bond donors (Lipinski definition) is 2. The highest BCUT2D eigenvalue weighted by atomic mass is 19.1. The number of fused-ring (bicyclic) bond motifs is 1. The summed E-state index contributed by atoms with van der Waals surface area (Å²) in [5.41, 5.74) is 7.37. The molecular formula is C24H21FN6O4. The van der Waals surface area contributed by atoms with Gasteiger partial charge in [-0.05, 0) is 24.3 Å². The van der Waals surface area contributed by atoms with Crippen LogP contribution in [0.1, 0.15) is 26.9 Å². The third kappa shape index (κ3) is 4.46. The molecule has 4 aromatic rings. The number of rotatable bonds is 6. The molecule has 2 aromatic carbocycles. The van der Waals surface area contributed by atoms with E-state index < -0.39 is 30.5 Å². The number of ether oxygens (including phenoxy) is 2. The number of nitrogens with zero attached hydrogens (tertiary/aromatic N) is 4. The van der Waals surface area contributed by atoms with Crippen LogP contribution >= 0.6 is 0 Å². The van der Waals surface area contributed by atoms with Gasteiger partial charge in [0.25, 0.3) is 5.91 Å². The van der Waals surface area contributed by atoms with E-state index in [4.69, 9.17) is 15.2 Å². The fourth-order valence-electron chi connectivity index (χ4n) is 3.82. The van der Waals surface area contributed by atoms with Crippen molar-refractivity contribution in [2.24, 2.45) is 5.73 Å². The molecule has 3 heterocycles. The normalized spacial score (nSPS) is 21.7. The lowest BCUT2D eigenvalue weighted by atomic mass is 10.1. The van der Waals surface area contributed by atoms with E-state index in [9.17, 15) is 9.59 Å². The first-order valence-electron chi connectivity index (χ1n) is 10.8. The van der Waals surface area contributed by atoms with E-state index in [1.54, 1.807) is 60.7 Å². The molecule has 0 unspecified atom stereocenters. The summed E-state index contributed by atoms with van der Waals surface area (Å²) >= 11 is 0. The zero-order chi connectivity index (χ0) is 24.4. The molecule has 178 valence electrons. The molecule has 0 bridgehead atoms. The number of nitrogens with one attached hydrogen (secondary N) is 1. The van der Waals surface area contributed by atoms with Crippen LogP contribution in [0.25, 0.3) is 11.2 Å². The van der Waals surface area contributed by atoms with Gasteiger partial charge in [-0.15, -0.1) is 0 Å². The lowest BCUT2D eigenvalue weighted by Crippen LogP contribution is -2.40. The Labute approximate surface area is 198 Å². The first-order valence-corrected chi connectivity index (χ1v) is 10.8. The molecule has 1 aliphatic heterocycles. The Morgan fingerprint density at radius 3 is 2.43 bits per heavy atom. The number of carbonyl (C=O) groups is 2. The van der Waals surface area contributed by atoms with Crippen LogP contribution in [0.3, 0.4) is 0 Å². The second kappa shape index (κ2) is 9.57. The topological polar surface area (TPSA) is 134 Å². The Morgan fingerprint density at radius 2 is 1.71 bits per heavy atom. The average molecular weight is 476 g/mol. The molecule has 1 amide bonds. The zero-order valence-electron chi connectivity index (χ0n) is 18.3. The van der Waals surface area contributed by atoms with Gasteiger partial charge in [-0.2, -0.15) is 0 Å². The molecule has 1 aliphatic rings. The van der Waals surface area contributed by atoms with Crippen molar-refractivity contribution in [3.63, 3.8) is 0 Å². The van der Waals surface area contributed by atoms with Gasteiger partial charge in [0.15, 0.2) is 29.4 Å². The lowest BCUT2D eigenvalue weighted by molar-refractivity contribution is -0.0430. The van der Waals surface area contributed by atoms with Crippen LogP contribution < -0.4 is 11.1 Å². The number of esters is 1. The second-order valence-corrected chi connectivity index (χ2v) is 7.92. The van der Waals surface area contributed by atoms with Crippen LogP contribution in [0.5, 0.6) is 0 Å². The number of halogens is 1. The monoisotopic (exact) mass is 476 g/mol. The molecule has 3 N–H and O–H groups in total. The number of hydrogen-bond acceptors (Lipinski definition) is 8. The van der Waals surface area contributed by atoms with Crippen molar-refractivity contribution in [2.75, 3.05) is 11.9 Å². The molecule has 10 nitrogen and oxygen atoms in total. The molecule has 2 aromatic heterocycles. The van der Waals surface area contributed by atoms with Crippen molar-refractivity contribution in [3.05, 3.63) is 84.4 Å². The number of alkyl halides is 1.